The zero-order chi connectivity index (χ0) is 16.4. The summed E-state index contributed by atoms with van der Waals surface area (Å²) in [5.74, 6) is 2.04. The van der Waals surface area contributed by atoms with E-state index in [1.807, 2.05) is 18.2 Å². The van der Waals surface area contributed by atoms with Gasteiger partial charge in [0.15, 0.2) is 0 Å². The molecule has 0 amide bonds. The number of nitrogens with zero attached hydrogens (tertiary/aromatic N) is 2. The summed E-state index contributed by atoms with van der Waals surface area (Å²) >= 11 is 0. The van der Waals surface area contributed by atoms with E-state index in [9.17, 15) is 0 Å². The summed E-state index contributed by atoms with van der Waals surface area (Å²) in [5, 5.41) is 15.7. The minimum Gasteiger partial charge on any atom is -0.496 e. The highest BCUT2D eigenvalue weighted by Crippen LogP contribution is 2.42. The quantitative estimate of drug-likeness (QED) is 0.595. The van der Waals surface area contributed by atoms with Crippen molar-refractivity contribution in [3.05, 3.63) is 23.8 Å². The Morgan fingerprint density at radius 1 is 1.26 bits per heavy atom. The second-order valence-electron chi connectivity index (χ2n) is 5.39. The Hall–Kier alpha value is -2.70. The highest BCUT2D eigenvalue weighted by molar-refractivity contribution is 5.86. The molecule has 1 aliphatic heterocycles. The van der Waals surface area contributed by atoms with Crippen LogP contribution in [0.4, 0.5) is 5.82 Å². The number of ether oxygens (including phenoxy) is 2. The Morgan fingerprint density at radius 3 is 2.57 bits per heavy atom. The number of anilines is 1. The van der Waals surface area contributed by atoms with Crippen LogP contribution in [0.25, 0.3) is 11.3 Å². The maximum atomic E-state index is 7.80. The SMILES string of the molecule is COc1cccc(OC)c1-c1nn(C(=N)N)c2c1CCCCN2. The molecular weight excluding hydrogens is 294 g/mol. The lowest BCUT2D eigenvalue weighted by atomic mass is 10.0. The van der Waals surface area contributed by atoms with E-state index < -0.39 is 0 Å². The summed E-state index contributed by atoms with van der Waals surface area (Å²) in [6.45, 7) is 0.842. The number of methoxy groups -OCH3 is 2. The van der Waals surface area contributed by atoms with Crippen molar-refractivity contribution < 1.29 is 9.47 Å². The summed E-state index contributed by atoms with van der Waals surface area (Å²) < 4.78 is 12.4. The van der Waals surface area contributed by atoms with Gasteiger partial charge in [-0.2, -0.15) is 9.78 Å². The second kappa shape index (κ2) is 6.20. The van der Waals surface area contributed by atoms with Gasteiger partial charge < -0.3 is 20.5 Å². The molecule has 3 rings (SSSR count). The molecule has 0 saturated heterocycles. The third kappa shape index (κ3) is 2.58. The van der Waals surface area contributed by atoms with E-state index in [0.29, 0.717) is 11.5 Å². The number of aromatic nitrogens is 2. The number of nitrogen functional groups attached to an aromatic ring is 1. The summed E-state index contributed by atoms with van der Waals surface area (Å²) in [7, 11) is 3.24. The van der Waals surface area contributed by atoms with Crippen molar-refractivity contribution >= 4 is 11.8 Å². The number of rotatable bonds is 3. The zero-order valence-electron chi connectivity index (χ0n) is 13.3. The predicted molar refractivity (Wildman–Crippen MR) is 89.5 cm³/mol. The minimum absolute atomic E-state index is 0.115. The average molecular weight is 315 g/mol. The molecule has 2 aromatic rings. The number of nitrogens with two attached hydrogens (primary N) is 1. The summed E-state index contributed by atoms with van der Waals surface area (Å²) in [6.07, 6.45) is 2.98. The molecule has 0 spiro atoms. The van der Waals surface area contributed by atoms with Gasteiger partial charge in [0.05, 0.1) is 19.8 Å². The van der Waals surface area contributed by atoms with E-state index >= 15 is 0 Å². The smallest absolute Gasteiger partial charge is 0.215 e. The molecule has 7 nitrogen and oxygen atoms in total. The van der Waals surface area contributed by atoms with Gasteiger partial charge in [-0.3, -0.25) is 5.41 Å². The third-order valence-electron chi connectivity index (χ3n) is 4.02. The zero-order valence-corrected chi connectivity index (χ0v) is 13.3. The third-order valence-corrected chi connectivity index (χ3v) is 4.02. The molecule has 23 heavy (non-hydrogen) atoms. The van der Waals surface area contributed by atoms with Crippen molar-refractivity contribution in [1.82, 2.24) is 9.78 Å². The van der Waals surface area contributed by atoms with Gasteiger partial charge in [-0.1, -0.05) is 6.07 Å². The molecule has 1 aromatic heterocycles. The van der Waals surface area contributed by atoms with Gasteiger partial charge in [-0.25, -0.2) is 0 Å². The molecule has 7 heteroatoms. The molecule has 0 atom stereocenters. The van der Waals surface area contributed by atoms with Crippen molar-refractivity contribution in [3.63, 3.8) is 0 Å². The maximum Gasteiger partial charge on any atom is 0.215 e. The van der Waals surface area contributed by atoms with Gasteiger partial charge in [0.2, 0.25) is 5.96 Å². The Labute approximate surface area is 134 Å². The van der Waals surface area contributed by atoms with Crippen LogP contribution < -0.4 is 20.5 Å². The first kappa shape index (κ1) is 15.2. The van der Waals surface area contributed by atoms with Crippen molar-refractivity contribution in [2.45, 2.75) is 19.3 Å². The minimum atomic E-state index is -0.115. The molecule has 0 unspecified atom stereocenters. The second-order valence-corrected chi connectivity index (χ2v) is 5.39. The van der Waals surface area contributed by atoms with Crippen LogP contribution in [0.3, 0.4) is 0 Å². The Balaban J connectivity index is 2.27. The number of nitrogens with one attached hydrogen (secondary N) is 2. The number of fused-ring (bicyclic) bond motifs is 1. The number of hydrogen-bond donors (Lipinski definition) is 3. The Morgan fingerprint density at radius 2 is 1.96 bits per heavy atom. The standard InChI is InChI=1S/C16H21N5O2/c1-22-11-7-5-8-12(23-2)13(11)14-10-6-3-4-9-19-15(10)21(20-14)16(17)18/h5,7-8,19H,3-4,6,9H2,1-2H3,(H3,17,18). The molecule has 1 aliphatic rings. The number of hydrogen-bond acceptors (Lipinski definition) is 5. The highest BCUT2D eigenvalue weighted by Gasteiger charge is 2.26. The van der Waals surface area contributed by atoms with E-state index in [1.165, 1.54) is 4.68 Å². The summed E-state index contributed by atoms with van der Waals surface area (Å²) in [4.78, 5) is 0. The molecular formula is C16H21N5O2. The lowest BCUT2D eigenvalue weighted by Gasteiger charge is -2.12. The molecule has 4 N–H and O–H groups in total. The Bertz CT molecular complexity index is 716. The first-order valence-corrected chi connectivity index (χ1v) is 7.59. The van der Waals surface area contributed by atoms with Gasteiger partial charge >= 0.3 is 0 Å². The van der Waals surface area contributed by atoms with Crippen LogP contribution in [0.1, 0.15) is 18.4 Å². The van der Waals surface area contributed by atoms with Crippen molar-refractivity contribution in [2.75, 3.05) is 26.1 Å². The van der Waals surface area contributed by atoms with Gasteiger partial charge in [-0.15, -0.1) is 0 Å². The van der Waals surface area contributed by atoms with E-state index in [0.717, 1.165) is 48.4 Å². The van der Waals surface area contributed by atoms with Crippen molar-refractivity contribution in [3.8, 4) is 22.8 Å². The lowest BCUT2D eigenvalue weighted by molar-refractivity contribution is 0.397. The van der Waals surface area contributed by atoms with E-state index in [2.05, 4.69) is 10.4 Å². The molecule has 122 valence electrons. The van der Waals surface area contributed by atoms with Gasteiger partial charge in [0.25, 0.3) is 0 Å². The van der Waals surface area contributed by atoms with Crippen molar-refractivity contribution in [1.29, 1.82) is 5.41 Å². The van der Waals surface area contributed by atoms with E-state index in [-0.39, 0.29) is 5.96 Å². The fraction of sp³-hybridized carbons (Fsp3) is 0.375. The van der Waals surface area contributed by atoms with Crippen LogP contribution >= 0.6 is 0 Å². The first-order valence-electron chi connectivity index (χ1n) is 7.59. The molecule has 1 aromatic carbocycles. The average Bonchev–Trinajstić information content (AvgIpc) is 2.75. The molecule has 0 bridgehead atoms. The Kier molecular flexibility index (Phi) is 4.10. The predicted octanol–water partition coefficient (Wildman–Crippen LogP) is 2.06. The monoisotopic (exact) mass is 315 g/mol. The summed E-state index contributed by atoms with van der Waals surface area (Å²) in [6, 6.07) is 5.63. The largest absolute Gasteiger partial charge is 0.496 e. The fourth-order valence-electron chi connectivity index (χ4n) is 2.96. The molecule has 0 fully saturated rings. The van der Waals surface area contributed by atoms with Crippen LogP contribution in [0.5, 0.6) is 11.5 Å². The van der Waals surface area contributed by atoms with Crippen LogP contribution in [0.2, 0.25) is 0 Å². The van der Waals surface area contributed by atoms with Gasteiger partial charge in [0, 0.05) is 12.1 Å². The topological polar surface area (TPSA) is 98.2 Å². The maximum absolute atomic E-state index is 7.80. The number of benzene rings is 1. The highest BCUT2D eigenvalue weighted by atomic mass is 16.5. The normalized spacial score (nSPS) is 13.7. The first-order chi connectivity index (χ1) is 11.2. The lowest BCUT2D eigenvalue weighted by Crippen LogP contribution is -2.24. The van der Waals surface area contributed by atoms with Gasteiger partial charge in [-0.05, 0) is 31.4 Å². The molecule has 2 heterocycles. The van der Waals surface area contributed by atoms with E-state index in [4.69, 9.17) is 20.6 Å². The van der Waals surface area contributed by atoms with Crippen molar-refractivity contribution in [2.24, 2.45) is 5.73 Å². The fourth-order valence-corrected chi connectivity index (χ4v) is 2.96. The summed E-state index contributed by atoms with van der Waals surface area (Å²) in [5.41, 5.74) is 8.28. The van der Waals surface area contributed by atoms with Crippen LogP contribution in [0.15, 0.2) is 18.2 Å². The molecule has 0 aliphatic carbocycles. The van der Waals surface area contributed by atoms with Gasteiger partial charge in [0.1, 0.15) is 23.0 Å². The van der Waals surface area contributed by atoms with Crippen LogP contribution in [-0.4, -0.2) is 36.5 Å². The van der Waals surface area contributed by atoms with E-state index in [1.54, 1.807) is 14.2 Å². The van der Waals surface area contributed by atoms with Crippen LogP contribution in [-0.2, 0) is 6.42 Å². The van der Waals surface area contributed by atoms with Crippen LogP contribution in [0, 0.1) is 5.41 Å². The molecule has 0 saturated carbocycles. The molecule has 0 radical (unpaired) electrons.